The molecule has 0 bridgehead atoms. The summed E-state index contributed by atoms with van der Waals surface area (Å²) in [5, 5.41) is 16.0. The van der Waals surface area contributed by atoms with E-state index < -0.39 is 18.2 Å². The van der Waals surface area contributed by atoms with Crippen LogP contribution in [0.15, 0.2) is 59.1 Å². The number of anilines is 2. The minimum atomic E-state index is -0.720. The van der Waals surface area contributed by atoms with Crippen molar-refractivity contribution in [2.45, 2.75) is 32.8 Å². The van der Waals surface area contributed by atoms with Crippen LogP contribution in [0, 0.1) is 12.8 Å². The second-order valence-corrected chi connectivity index (χ2v) is 8.20. The summed E-state index contributed by atoms with van der Waals surface area (Å²) < 4.78 is 11.0. The number of carboxylic acids is 1. The lowest BCUT2D eigenvalue weighted by atomic mass is 9.96. The van der Waals surface area contributed by atoms with Gasteiger partial charge in [0.15, 0.2) is 5.76 Å². The fraction of sp³-hybridized carbons (Fsp3) is 0.320. The predicted molar refractivity (Wildman–Crippen MR) is 124 cm³/mol. The number of rotatable bonds is 6. The largest absolute Gasteiger partial charge is 0.481 e. The van der Waals surface area contributed by atoms with Crippen LogP contribution in [0.3, 0.4) is 0 Å². The molecular formula is C25H27N3O5. The molecule has 172 valence electrons. The average molecular weight is 450 g/mol. The maximum absolute atomic E-state index is 12.5. The van der Waals surface area contributed by atoms with Crippen molar-refractivity contribution in [3.63, 3.8) is 0 Å². The third-order valence-corrected chi connectivity index (χ3v) is 5.98. The first-order valence-electron chi connectivity index (χ1n) is 11.0. The van der Waals surface area contributed by atoms with Gasteiger partial charge in [0, 0.05) is 24.3 Å². The second kappa shape index (κ2) is 9.77. The highest BCUT2D eigenvalue weighted by atomic mass is 16.6. The third-order valence-electron chi connectivity index (χ3n) is 5.98. The van der Waals surface area contributed by atoms with E-state index in [4.69, 9.17) is 9.26 Å². The molecule has 1 atom stereocenters. The van der Waals surface area contributed by atoms with Gasteiger partial charge in [0.25, 0.3) is 0 Å². The van der Waals surface area contributed by atoms with E-state index >= 15 is 0 Å². The summed E-state index contributed by atoms with van der Waals surface area (Å²) in [6, 6.07) is 17.2. The number of ether oxygens (including phenoxy) is 1. The standard InChI is InChI=1S/C25H27N3O5/c1-16-22(26-25(31)32-17(2)18-6-4-3-5-7-18)23(33-27-16)19-8-10-21(11-9-19)28-14-12-20(13-15-28)24(29)30/h3-11,17,20H,12-15H2,1-2H3,(H,26,31)(H,29,30). The number of hydrogen-bond donors (Lipinski definition) is 2. The molecule has 2 heterocycles. The molecule has 8 heteroatoms. The Bertz CT molecular complexity index is 1100. The van der Waals surface area contributed by atoms with Crippen molar-refractivity contribution in [3.8, 4) is 11.3 Å². The number of nitrogens with zero attached hydrogens (tertiary/aromatic N) is 2. The summed E-state index contributed by atoms with van der Waals surface area (Å²) in [5.74, 6) is -0.536. The lowest BCUT2D eigenvalue weighted by Gasteiger charge is -2.32. The van der Waals surface area contributed by atoms with Crippen LogP contribution in [0.2, 0.25) is 0 Å². The summed E-state index contributed by atoms with van der Waals surface area (Å²) >= 11 is 0. The van der Waals surface area contributed by atoms with Crippen LogP contribution in [0.4, 0.5) is 16.2 Å². The van der Waals surface area contributed by atoms with Gasteiger partial charge < -0.3 is 19.3 Å². The quantitative estimate of drug-likeness (QED) is 0.529. The van der Waals surface area contributed by atoms with Gasteiger partial charge in [-0.15, -0.1) is 0 Å². The van der Waals surface area contributed by atoms with Crippen LogP contribution >= 0.6 is 0 Å². The zero-order valence-electron chi connectivity index (χ0n) is 18.7. The van der Waals surface area contributed by atoms with Crippen molar-refractivity contribution in [1.82, 2.24) is 5.16 Å². The van der Waals surface area contributed by atoms with Crippen molar-refractivity contribution >= 4 is 23.4 Å². The molecule has 2 aromatic carbocycles. The van der Waals surface area contributed by atoms with E-state index in [1.165, 1.54) is 0 Å². The molecule has 1 aromatic heterocycles. The Balaban J connectivity index is 1.43. The van der Waals surface area contributed by atoms with E-state index in [-0.39, 0.29) is 5.92 Å². The van der Waals surface area contributed by atoms with E-state index in [2.05, 4.69) is 15.4 Å². The lowest BCUT2D eigenvalue weighted by molar-refractivity contribution is -0.142. The molecule has 2 N–H and O–H groups in total. The normalized spacial score (nSPS) is 15.2. The van der Waals surface area contributed by atoms with Crippen molar-refractivity contribution in [1.29, 1.82) is 0 Å². The fourth-order valence-corrected chi connectivity index (χ4v) is 4.01. The highest BCUT2D eigenvalue weighted by Gasteiger charge is 2.25. The predicted octanol–water partition coefficient (Wildman–Crippen LogP) is 5.26. The van der Waals surface area contributed by atoms with Crippen LogP contribution in [0.5, 0.6) is 0 Å². The third kappa shape index (κ3) is 5.16. The van der Waals surface area contributed by atoms with Crippen LogP contribution < -0.4 is 10.2 Å². The number of aromatic nitrogens is 1. The van der Waals surface area contributed by atoms with Crippen LogP contribution in [-0.4, -0.2) is 35.4 Å². The lowest BCUT2D eigenvalue weighted by Crippen LogP contribution is -2.36. The Kier molecular flexibility index (Phi) is 6.63. The van der Waals surface area contributed by atoms with Crippen molar-refractivity contribution in [2.75, 3.05) is 23.3 Å². The molecule has 0 spiro atoms. The van der Waals surface area contributed by atoms with Crippen molar-refractivity contribution < 1.29 is 24.0 Å². The number of carbonyl (C=O) groups excluding carboxylic acids is 1. The van der Waals surface area contributed by atoms with E-state index in [9.17, 15) is 14.7 Å². The fourth-order valence-electron chi connectivity index (χ4n) is 4.01. The molecule has 3 aromatic rings. The zero-order valence-corrected chi connectivity index (χ0v) is 18.7. The molecule has 0 aliphatic carbocycles. The van der Waals surface area contributed by atoms with Gasteiger partial charge in [-0.3, -0.25) is 10.1 Å². The van der Waals surface area contributed by atoms with Gasteiger partial charge in [-0.1, -0.05) is 35.5 Å². The summed E-state index contributed by atoms with van der Waals surface area (Å²) in [7, 11) is 0. The van der Waals surface area contributed by atoms with Crippen LogP contribution in [-0.2, 0) is 9.53 Å². The number of carboxylic acid groups (broad SMARTS) is 1. The zero-order chi connectivity index (χ0) is 23.4. The minimum Gasteiger partial charge on any atom is -0.481 e. The van der Waals surface area contributed by atoms with Crippen molar-refractivity contribution in [3.05, 3.63) is 65.9 Å². The molecule has 1 unspecified atom stereocenters. The number of hydrogen-bond acceptors (Lipinski definition) is 6. The van der Waals surface area contributed by atoms with Gasteiger partial charge >= 0.3 is 12.1 Å². The van der Waals surface area contributed by atoms with Gasteiger partial charge in [-0.05, 0) is 56.5 Å². The first-order chi connectivity index (χ1) is 15.9. The highest BCUT2D eigenvalue weighted by molar-refractivity contribution is 5.91. The Morgan fingerprint density at radius 1 is 1.12 bits per heavy atom. The molecule has 33 heavy (non-hydrogen) atoms. The van der Waals surface area contributed by atoms with E-state index in [1.807, 2.05) is 61.5 Å². The summed E-state index contributed by atoms with van der Waals surface area (Å²) in [6.45, 7) is 4.98. The average Bonchev–Trinajstić information content (AvgIpc) is 3.19. The molecule has 1 aliphatic heterocycles. The molecule has 1 saturated heterocycles. The number of amides is 1. The molecule has 1 amide bonds. The number of nitrogens with one attached hydrogen (secondary N) is 1. The Labute approximate surface area is 192 Å². The first kappa shape index (κ1) is 22.4. The highest BCUT2D eigenvalue weighted by Crippen LogP contribution is 2.33. The summed E-state index contributed by atoms with van der Waals surface area (Å²) in [6.07, 6.45) is 0.280. The number of benzene rings is 2. The maximum atomic E-state index is 12.5. The number of aryl methyl sites for hydroxylation is 1. The monoisotopic (exact) mass is 449 g/mol. The smallest absolute Gasteiger partial charge is 0.412 e. The van der Waals surface area contributed by atoms with Gasteiger partial charge in [0.2, 0.25) is 0 Å². The molecule has 1 aliphatic rings. The number of aliphatic carboxylic acids is 1. The van der Waals surface area contributed by atoms with Crippen molar-refractivity contribution in [2.24, 2.45) is 5.92 Å². The molecular weight excluding hydrogens is 422 g/mol. The Hall–Kier alpha value is -3.81. The van der Waals surface area contributed by atoms with E-state index in [0.717, 1.165) is 16.8 Å². The Morgan fingerprint density at radius 2 is 1.79 bits per heavy atom. The van der Waals surface area contributed by atoms with Crippen LogP contribution in [0.25, 0.3) is 11.3 Å². The topological polar surface area (TPSA) is 105 Å². The SMILES string of the molecule is Cc1noc(-c2ccc(N3CCC(C(=O)O)CC3)cc2)c1NC(=O)OC(C)c1ccccc1. The summed E-state index contributed by atoms with van der Waals surface area (Å²) in [4.78, 5) is 25.9. The van der Waals surface area contributed by atoms with Gasteiger partial charge in [0.05, 0.1) is 5.92 Å². The first-order valence-corrected chi connectivity index (χ1v) is 11.0. The van der Waals surface area contributed by atoms with E-state index in [0.29, 0.717) is 43.1 Å². The van der Waals surface area contributed by atoms with Crippen LogP contribution in [0.1, 0.15) is 37.1 Å². The molecule has 0 saturated carbocycles. The summed E-state index contributed by atoms with van der Waals surface area (Å²) in [5.41, 5.74) is 3.71. The second-order valence-electron chi connectivity index (χ2n) is 8.20. The van der Waals surface area contributed by atoms with E-state index in [1.54, 1.807) is 6.92 Å². The van der Waals surface area contributed by atoms with Gasteiger partial charge in [-0.2, -0.15) is 0 Å². The molecule has 0 radical (unpaired) electrons. The Morgan fingerprint density at radius 3 is 2.42 bits per heavy atom. The van der Waals surface area contributed by atoms with Gasteiger partial charge in [0.1, 0.15) is 17.5 Å². The minimum absolute atomic E-state index is 0.268. The maximum Gasteiger partial charge on any atom is 0.412 e. The molecule has 1 fully saturated rings. The number of carbonyl (C=O) groups is 2. The molecule has 8 nitrogen and oxygen atoms in total. The molecule has 4 rings (SSSR count). The number of piperidine rings is 1. The van der Waals surface area contributed by atoms with Gasteiger partial charge in [-0.25, -0.2) is 4.79 Å².